The second-order valence-corrected chi connectivity index (χ2v) is 4.84. The van der Waals surface area contributed by atoms with Crippen LogP contribution in [0.4, 0.5) is 5.82 Å². The van der Waals surface area contributed by atoms with E-state index < -0.39 is 11.9 Å². The zero-order valence-corrected chi connectivity index (χ0v) is 11.4. The highest BCUT2D eigenvalue weighted by Crippen LogP contribution is 2.30. The third-order valence-electron chi connectivity index (χ3n) is 3.08. The zero-order valence-electron chi connectivity index (χ0n) is 11.4. The van der Waals surface area contributed by atoms with Crippen molar-refractivity contribution in [3.05, 3.63) is 23.9 Å². The maximum Gasteiger partial charge on any atom is 0.339 e. The molecule has 1 aliphatic rings. The molecule has 1 N–H and O–H groups in total. The molecule has 20 heavy (non-hydrogen) atoms. The molecule has 1 aromatic heterocycles. The van der Waals surface area contributed by atoms with E-state index in [2.05, 4.69) is 4.98 Å². The van der Waals surface area contributed by atoms with Crippen LogP contribution in [0, 0.1) is 5.92 Å². The summed E-state index contributed by atoms with van der Waals surface area (Å²) in [6.07, 6.45) is 3.70. The number of hydrogen-bond acceptors (Lipinski definition) is 5. The standard InChI is InChI=1S/C14H18N2O4/c1-2-20-14(19)11-5-6-12(15-7-11)16(9-13(17)18)8-10-3-4-10/h5-7,10H,2-4,8-9H2,1H3,(H,17,18). The minimum atomic E-state index is -0.887. The molecule has 1 heterocycles. The van der Waals surface area contributed by atoms with E-state index in [1.807, 2.05) is 0 Å². The normalized spacial score (nSPS) is 13.8. The molecule has 6 heteroatoms. The van der Waals surface area contributed by atoms with Gasteiger partial charge in [0, 0.05) is 12.7 Å². The molecule has 1 saturated carbocycles. The molecule has 0 amide bonds. The van der Waals surface area contributed by atoms with Crippen molar-refractivity contribution in [2.24, 2.45) is 5.92 Å². The molecule has 0 aliphatic heterocycles. The summed E-state index contributed by atoms with van der Waals surface area (Å²) in [7, 11) is 0. The average Bonchev–Trinajstić information content (AvgIpc) is 3.22. The highest BCUT2D eigenvalue weighted by Gasteiger charge is 2.26. The first-order valence-electron chi connectivity index (χ1n) is 6.70. The fourth-order valence-corrected chi connectivity index (χ4v) is 1.92. The van der Waals surface area contributed by atoms with Gasteiger partial charge in [0.2, 0.25) is 0 Å². The van der Waals surface area contributed by atoms with Crippen LogP contribution in [-0.2, 0) is 9.53 Å². The number of carboxylic acids is 1. The van der Waals surface area contributed by atoms with E-state index in [9.17, 15) is 9.59 Å². The number of carboxylic acid groups (broad SMARTS) is 1. The fraction of sp³-hybridized carbons (Fsp3) is 0.500. The number of carbonyl (C=O) groups is 2. The number of pyridine rings is 1. The van der Waals surface area contributed by atoms with Crippen LogP contribution in [0.25, 0.3) is 0 Å². The van der Waals surface area contributed by atoms with Crippen molar-refractivity contribution in [1.82, 2.24) is 4.98 Å². The van der Waals surface area contributed by atoms with E-state index in [0.717, 1.165) is 12.8 Å². The molecule has 1 aromatic rings. The lowest BCUT2D eigenvalue weighted by Crippen LogP contribution is -2.32. The molecule has 2 rings (SSSR count). The lowest BCUT2D eigenvalue weighted by molar-refractivity contribution is -0.135. The van der Waals surface area contributed by atoms with Gasteiger partial charge in [-0.2, -0.15) is 0 Å². The summed E-state index contributed by atoms with van der Waals surface area (Å²) in [4.78, 5) is 28.3. The molecule has 108 valence electrons. The predicted octanol–water partition coefficient (Wildman–Crippen LogP) is 1.56. The SMILES string of the molecule is CCOC(=O)c1ccc(N(CC(=O)O)CC2CC2)nc1. The van der Waals surface area contributed by atoms with Gasteiger partial charge in [0.1, 0.15) is 12.4 Å². The minimum Gasteiger partial charge on any atom is -0.480 e. The van der Waals surface area contributed by atoms with Gasteiger partial charge in [0.25, 0.3) is 0 Å². The third-order valence-corrected chi connectivity index (χ3v) is 3.08. The van der Waals surface area contributed by atoms with E-state index in [0.29, 0.717) is 30.5 Å². The van der Waals surface area contributed by atoms with E-state index in [4.69, 9.17) is 9.84 Å². The van der Waals surface area contributed by atoms with Gasteiger partial charge in [-0.25, -0.2) is 9.78 Å². The fourth-order valence-electron chi connectivity index (χ4n) is 1.92. The number of carbonyl (C=O) groups excluding carboxylic acids is 1. The molecule has 6 nitrogen and oxygen atoms in total. The van der Waals surface area contributed by atoms with Crippen molar-refractivity contribution in [1.29, 1.82) is 0 Å². The van der Waals surface area contributed by atoms with Gasteiger partial charge in [-0.05, 0) is 37.8 Å². The number of aliphatic carboxylic acids is 1. The van der Waals surface area contributed by atoms with Crippen LogP contribution < -0.4 is 4.90 Å². The monoisotopic (exact) mass is 278 g/mol. The first-order valence-corrected chi connectivity index (χ1v) is 6.70. The van der Waals surface area contributed by atoms with Gasteiger partial charge in [-0.3, -0.25) is 4.79 Å². The molecular formula is C14H18N2O4. The molecule has 0 saturated heterocycles. The maximum atomic E-state index is 11.5. The number of aromatic nitrogens is 1. The van der Waals surface area contributed by atoms with Crippen LogP contribution in [-0.4, -0.2) is 41.7 Å². The van der Waals surface area contributed by atoms with Crippen molar-refractivity contribution >= 4 is 17.8 Å². The minimum absolute atomic E-state index is 0.0811. The summed E-state index contributed by atoms with van der Waals surface area (Å²) >= 11 is 0. The highest BCUT2D eigenvalue weighted by molar-refractivity contribution is 5.89. The molecule has 1 aliphatic carbocycles. The molecule has 0 radical (unpaired) electrons. The Kier molecular flexibility index (Phi) is 4.55. The Morgan fingerprint density at radius 2 is 2.20 bits per heavy atom. The van der Waals surface area contributed by atoms with Crippen LogP contribution in [0.15, 0.2) is 18.3 Å². The van der Waals surface area contributed by atoms with Crippen molar-refractivity contribution in [3.63, 3.8) is 0 Å². The quantitative estimate of drug-likeness (QED) is 0.762. The number of anilines is 1. The smallest absolute Gasteiger partial charge is 0.339 e. The topological polar surface area (TPSA) is 79.7 Å². The first-order chi connectivity index (χ1) is 9.60. The predicted molar refractivity (Wildman–Crippen MR) is 72.8 cm³/mol. The third kappa shape index (κ3) is 3.94. The average molecular weight is 278 g/mol. The maximum absolute atomic E-state index is 11.5. The molecule has 1 fully saturated rings. The van der Waals surface area contributed by atoms with Crippen LogP contribution >= 0.6 is 0 Å². The number of rotatable bonds is 7. The number of ether oxygens (including phenoxy) is 1. The Hall–Kier alpha value is -2.11. The largest absolute Gasteiger partial charge is 0.480 e. The van der Waals surface area contributed by atoms with Crippen LogP contribution in [0.2, 0.25) is 0 Å². The Bertz CT molecular complexity index is 482. The summed E-state index contributed by atoms with van der Waals surface area (Å²) in [5.74, 6) is -0.173. The summed E-state index contributed by atoms with van der Waals surface area (Å²) in [5, 5.41) is 8.95. The Balaban J connectivity index is 2.07. The van der Waals surface area contributed by atoms with Gasteiger partial charge in [-0.1, -0.05) is 0 Å². The van der Waals surface area contributed by atoms with E-state index in [1.54, 1.807) is 24.0 Å². The molecular weight excluding hydrogens is 260 g/mol. The first kappa shape index (κ1) is 14.3. The van der Waals surface area contributed by atoms with Crippen molar-refractivity contribution < 1.29 is 19.4 Å². The van der Waals surface area contributed by atoms with E-state index >= 15 is 0 Å². The number of nitrogens with zero attached hydrogens (tertiary/aromatic N) is 2. The highest BCUT2D eigenvalue weighted by atomic mass is 16.5. The summed E-state index contributed by atoms with van der Waals surface area (Å²) < 4.78 is 4.88. The second-order valence-electron chi connectivity index (χ2n) is 4.84. The van der Waals surface area contributed by atoms with Crippen LogP contribution in [0.1, 0.15) is 30.1 Å². The zero-order chi connectivity index (χ0) is 14.5. The lowest BCUT2D eigenvalue weighted by atomic mass is 10.2. The van der Waals surface area contributed by atoms with Gasteiger partial charge in [-0.15, -0.1) is 0 Å². The second kappa shape index (κ2) is 6.36. The Morgan fingerprint density at radius 3 is 2.70 bits per heavy atom. The summed E-state index contributed by atoms with van der Waals surface area (Å²) in [5.41, 5.74) is 0.372. The summed E-state index contributed by atoms with van der Waals surface area (Å²) in [6.45, 7) is 2.66. The van der Waals surface area contributed by atoms with E-state index in [-0.39, 0.29) is 6.54 Å². The van der Waals surface area contributed by atoms with Gasteiger partial charge < -0.3 is 14.7 Å². The molecule has 0 atom stereocenters. The van der Waals surface area contributed by atoms with Gasteiger partial charge in [0.15, 0.2) is 0 Å². The van der Waals surface area contributed by atoms with Crippen LogP contribution in [0.5, 0.6) is 0 Å². The van der Waals surface area contributed by atoms with E-state index in [1.165, 1.54) is 6.20 Å². The molecule has 0 bridgehead atoms. The van der Waals surface area contributed by atoms with Crippen molar-refractivity contribution in [2.45, 2.75) is 19.8 Å². The lowest BCUT2D eigenvalue weighted by Gasteiger charge is -2.21. The summed E-state index contributed by atoms with van der Waals surface area (Å²) in [6, 6.07) is 3.28. The molecule has 0 aromatic carbocycles. The molecule has 0 spiro atoms. The Labute approximate surface area is 117 Å². The Morgan fingerprint density at radius 1 is 1.45 bits per heavy atom. The molecule has 0 unspecified atom stereocenters. The number of esters is 1. The van der Waals surface area contributed by atoms with Crippen molar-refractivity contribution in [2.75, 3.05) is 24.6 Å². The van der Waals surface area contributed by atoms with Gasteiger partial charge in [0.05, 0.1) is 12.2 Å². The van der Waals surface area contributed by atoms with Gasteiger partial charge >= 0.3 is 11.9 Å². The number of hydrogen-bond donors (Lipinski definition) is 1. The van der Waals surface area contributed by atoms with Crippen LogP contribution in [0.3, 0.4) is 0 Å². The van der Waals surface area contributed by atoms with Crippen molar-refractivity contribution in [3.8, 4) is 0 Å².